The Labute approximate surface area is 192 Å². The molecule has 1 heterocycles. The molecule has 1 aliphatic heterocycles. The van der Waals surface area contributed by atoms with E-state index in [1.807, 2.05) is 80.6 Å². The van der Waals surface area contributed by atoms with Crippen LogP contribution < -0.4 is 14.4 Å². The number of anilines is 1. The molecule has 5 nitrogen and oxygen atoms in total. The summed E-state index contributed by atoms with van der Waals surface area (Å²) in [5.74, 6) is 1.21. The molecule has 1 saturated heterocycles. The van der Waals surface area contributed by atoms with Gasteiger partial charge < -0.3 is 9.47 Å². The number of hydrogen-bond acceptors (Lipinski definition) is 5. The summed E-state index contributed by atoms with van der Waals surface area (Å²) in [6.07, 6.45) is 1.84. The van der Waals surface area contributed by atoms with E-state index in [-0.39, 0.29) is 5.91 Å². The van der Waals surface area contributed by atoms with Gasteiger partial charge in [0.25, 0.3) is 5.91 Å². The molecule has 1 aliphatic rings. The Morgan fingerprint density at radius 1 is 0.906 bits per heavy atom. The van der Waals surface area contributed by atoms with Crippen LogP contribution in [-0.2, 0) is 4.79 Å². The van der Waals surface area contributed by atoms with E-state index in [2.05, 4.69) is 0 Å². The van der Waals surface area contributed by atoms with Crippen molar-refractivity contribution in [3.63, 3.8) is 0 Å². The highest BCUT2D eigenvalue weighted by Crippen LogP contribution is 2.40. The van der Waals surface area contributed by atoms with E-state index in [0.717, 1.165) is 28.1 Å². The second-order valence-electron chi connectivity index (χ2n) is 7.33. The van der Waals surface area contributed by atoms with Gasteiger partial charge in [-0.2, -0.15) is 0 Å². The zero-order chi connectivity index (χ0) is 22.7. The Bertz CT molecular complexity index is 1230. The molecular weight excluding hydrogens is 420 g/mol. The highest BCUT2D eigenvalue weighted by molar-refractivity contribution is 8.19. The molecule has 0 unspecified atom stereocenters. The number of thioether (sulfide) groups is 1. The van der Waals surface area contributed by atoms with Crippen molar-refractivity contribution in [1.29, 1.82) is 0 Å². The van der Waals surface area contributed by atoms with E-state index in [4.69, 9.17) is 14.5 Å². The van der Waals surface area contributed by atoms with Crippen molar-refractivity contribution >= 4 is 40.3 Å². The predicted octanol–water partition coefficient (Wildman–Crippen LogP) is 6.13. The molecule has 1 fully saturated rings. The monoisotopic (exact) mass is 444 g/mol. The number of benzene rings is 3. The molecule has 32 heavy (non-hydrogen) atoms. The maximum Gasteiger partial charge on any atom is 0.271 e. The molecule has 162 valence electrons. The van der Waals surface area contributed by atoms with Crippen molar-refractivity contribution in [1.82, 2.24) is 0 Å². The molecule has 3 aromatic carbocycles. The maximum atomic E-state index is 13.6. The third-order valence-electron chi connectivity index (χ3n) is 5.22. The summed E-state index contributed by atoms with van der Waals surface area (Å²) in [6, 6.07) is 21.3. The van der Waals surface area contributed by atoms with Crippen molar-refractivity contribution in [2.45, 2.75) is 13.8 Å². The minimum absolute atomic E-state index is 0.116. The molecule has 0 bridgehead atoms. The molecular formula is C26H24N2O3S. The Kier molecular flexibility index (Phi) is 6.32. The lowest BCUT2D eigenvalue weighted by atomic mass is 10.1. The summed E-state index contributed by atoms with van der Waals surface area (Å²) in [7, 11) is 3.21. The first-order valence-electron chi connectivity index (χ1n) is 10.2. The molecule has 0 saturated carbocycles. The first-order valence-corrected chi connectivity index (χ1v) is 11.0. The zero-order valence-corrected chi connectivity index (χ0v) is 19.3. The van der Waals surface area contributed by atoms with E-state index in [0.29, 0.717) is 21.6 Å². The Morgan fingerprint density at radius 2 is 1.62 bits per heavy atom. The third-order valence-corrected chi connectivity index (χ3v) is 6.19. The van der Waals surface area contributed by atoms with Crippen LogP contribution in [0, 0.1) is 13.8 Å². The Hall–Kier alpha value is -3.51. The summed E-state index contributed by atoms with van der Waals surface area (Å²) >= 11 is 1.36. The van der Waals surface area contributed by atoms with Gasteiger partial charge in [-0.3, -0.25) is 9.69 Å². The smallest absolute Gasteiger partial charge is 0.271 e. The quantitative estimate of drug-likeness (QED) is 0.444. The van der Waals surface area contributed by atoms with Gasteiger partial charge >= 0.3 is 0 Å². The zero-order valence-electron chi connectivity index (χ0n) is 18.5. The molecule has 0 atom stereocenters. The first kappa shape index (κ1) is 21.7. The molecule has 0 radical (unpaired) electrons. The van der Waals surface area contributed by atoms with E-state index >= 15 is 0 Å². The van der Waals surface area contributed by atoms with Crippen LogP contribution in [-0.4, -0.2) is 25.3 Å². The number of methoxy groups -OCH3 is 2. The minimum Gasteiger partial charge on any atom is -0.497 e. The number of aliphatic imine (C=N–C) groups is 1. The second kappa shape index (κ2) is 9.32. The molecule has 0 aromatic heterocycles. The number of carbonyl (C=O) groups excluding carboxylic acids is 1. The number of amides is 1. The van der Waals surface area contributed by atoms with Gasteiger partial charge in [0.15, 0.2) is 5.17 Å². The fraction of sp³-hybridized carbons (Fsp3) is 0.154. The molecule has 0 N–H and O–H groups in total. The van der Waals surface area contributed by atoms with Crippen LogP contribution >= 0.6 is 11.8 Å². The summed E-state index contributed by atoms with van der Waals surface area (Å²) in [4.78, 5) is 20.7. The van der Waals surface area contributed by atoms with Gasteiger partial charge in [0, 0.05) is 11.6 Å². The average Bonchev–Trinajstić information content (AvgIpc) is 3.10. The van der Waals surface area contributed by atoms with Crippen LogP contribution in [0.2, 0.25) is 0 Å². The van der Waals surface area contributed by atoms with E-state index in [1.165, 1.54) is 11.8 Å². The lowest BCUT2D eigenvalue weighted by Crippen LogP contribution is -2.29. The van der Waals surface area contributed by atoms with Crippen molar-refractivity contribution in [3.8, 4) is 11.5 Å². The summed E-state index contributed by atoms with van der Waals surface area (Å²) in [6.45, 7) is 4.00. The molecule has 4 rings (SSSR count). The second-order valence-corrected chi connectivity index (χ2v) is 8.34. The van der Waals surface area contributed by atoms with Crippen molar-refractivity contribution < 1.29 is 14.3 Å². The molecule has 0 spiro atoms. The third kappa shape index (κ3) is 4.27. The van der Waals surface area contributed by atoms with Gasteiger partial charge in [-0.25, -0.2) is 4.99 Å². The molecule has 0 aliphatic carbocycles. The number of carbonyl (C=O) groups is 1. The number of aryl methyl sites for hydroxylation is 2. The van der Waals surface area contributed by atoms with Crippen molar-refractivity contribution in [3.05, 3.63) is 88.3 Å². The highest BCUT2D eigenvalue weighted by Gasteiger charge is 2.35. The topological polar surface area (TPSA) is 51.1 Å². The fourth-order valence-electron chi connectivity index (χ4n) is 3.45. The van der Waals surface area contributed by atoms with Crippen LogP contribution in [0.25, 0.3) is 6.08 Å². The van der Waals surface area contributed by atoms with Crippen molar-refractivity contribution in [2.24, 2.45) is 4.99 Å². The number of hydrogen-bond donors (Lipinski definition) is 0. The van der Waals surface area contributed by atoms with Gasteiger partial charge in [0.1, 0.15) is 11.5 Å². The number of rotatable bonds is 5. The molecule has 3 aromatic rings. The largest absolute Gasteiger partial charge is 0.497 e. The highest BCUT2D eigenvalue weighted by atomic mass is 32.2. The fourth-order valence-corrected chi connectivity index (χ4v) is 4.42. The van der Waals surface area contributed by atoms with Gasteiger partial charge in [-0.15, -0.1) is 0 Å². The van der Waals surface area contributed by atoms with Gasteiger partial charge in [-0.05, 0) is 67.1 Å². The van der Waals surface area contributed by atoms with E-state index < -0.39 is 0 Å². The van der Waals surface area contributed by atoms with Gasteiger partial charge in [0.2, 0.25) is 0 Å². The molecule has 1 amide bonds. The summed E-state index contributed by atoms with van der Waals surface area (Å²) in [5, 5.41) is 0.623. The van der Waals surface area contributed by atoms with Gasteiger partial charge in [0.05, 0.1) is 30.5 Å². The Morgan fingerprint density at radius 3 is 2.31 bits per heavy atom. The summed E-state index contributed by atoms with van der Waals surface area (Å²) < 4.78 is 10.8. The Balaban J connectivity index is 1.82. The SMILES string of the molecule is COc1ccc(/C=C2\SC(=Nc3ccccc3C)N(c3ccccc3C)C2=O)c(OC)c1. The predicted molar refractivity (Wildman–Crippen MR) is 132 cm³/mol. The van der Waals surface area contributed by atoms with Crippen LogP contribution in [0.1, 0.15) is 16.7 Å². The normalized spacial score (nSPS) is 16.1. The van der Waals surface area contributed by atoms with Crippen LogP contribution in [0.5, 0.6) is 11.5 Å². The summed E-state index contributed by atoms with van der Waals surface area (Å²) in [5.41, 5.74) is 4.51. The van der Waals surface area contributed by atoms with Gasteiger partial charge in [-0.1, -0.05) is 36.4 Å². The van der Waals surface area contributed by atoms with Crippen LogP contribution in [0.3, 0.4) is 0 Å². The number of ether oxygens (including phenoxy) is 2. The molecule has 6 heteroatoms. The average molecular weight is 445 g/mol. The maximum absolute atomic E-state index is 13.6. The lowest BCUT2D eigenvalue weighted by molar-refractivity contribution is -0.113. The van der Waals surface area contributed by atoms with Crippen LogP contribution in [0.4, 0.5) is 11.4 Å². The standard InChI is InChI=1S/C26H24N2O3S/c1-17-9-5-7-11-21(17)27-26-28(22-12-8-6-10-18(22)2)25(29)24(32-26)15-19-13-14-20(30-3)16-23(19)31-4/h5-16H,1-4H3/b24-15-,27-26?. The van der Waals surface area contributed by atoms with Crippen molar-refractivity contribution in [2.75, 3.05) is 19.1 Å². The van der Waals surface area contributed by atoms with Crippen LogP contribution in [0.15, 0.2) is 76.6 Å². The first-order chi connectivity index (χ1) is 15.5. The lowest BCUT2D eigenvalue weighted by Gasteiger charge is -2.18. The van der Waals surface area contributed by atoms with E-state index in [1.54, 1.807) is 25.2 Å². The van der Waals surface area contributed by atoms with E-state index in [9.17, 15) is 4.79 Å². The number of para-hydroxylation sites is 2. The minimum atomic E-state index is -0.116. The number of amidine groups is 1. The number of nitrogens with zero attached hydrogens (tertiary/aromatic N) is 2.